The van der Waals surface area contributed by atoms with E-state index in [9.17, 15) is 13.2 Å². The number of hydrogen-bond donors (Lipinski definition) is 2. The number of sulfonamides is 1. The van der Waals surface area contributed by atoms with Crippen LogP contribution in [0.15, 0.2) is 16.3 Å². The highest BCUT2D eigenvalue weighted by molar-refractivity contribution is 7.91. The Balaban J connectivity index is 2.11. The molecule has 0 radical (unpaired) electrons. The lowest BCUT2D eigenvalue weighted by Gasteiger charge is -2.37. The maximum absolute atomic E-state index is 12.8. The van der Waals surface area contributed by atoms with E-state index in [1.165, 1.54) is 15.6 Å². The Morgan fingerprint density at radius 3 is 2.68 bits per heavy atom. The molecule has 0 bridgehead atoms. The van der Waals surface area contributed by atoms with Crippen LogP contribution in [-0.4, -0.2) is 43.8 Å². The average molecular weight is 388 g/mol. The summed E-state index contributed by atoms with van der Waals surface area (Å²) in [5.74, 6) is -0.253. The molecular weight excluding hydrogens is 358 g/mol. The van der Waals surface area contributed by atoms with E-state index in [1.54, 1.807) is 12.1 Å². The topological polar surface area (TPSA) is 92.5 Å². The van der Waals surface area contributed by atoms with Gasteiger partial charge in [-0.15, -0.1) is 11.3 Å². The zero-order valence-corrected chi connectivity index (χ0v) is 17.0. The van der Waals surface area contributed by atoms with Gasteiger partial charge in [-0.1, -0.05) is 13.8 Å². The van der Waals surface area contributed by atoms with Gasteiger partial charge in [0, 0.05) is 24.5 Å². The van der Waals surface area contributed by atoms with Crippen LogP contribution < -0.4 is 11.1 Å². The second-order valence-corrected chi connectivity index (χ2v) is 10.8. The standard InChI is InChI=1S/C17H29N3O3S2/c1-12(2)17(4,11-18)19-16(21)14-6-5-9-20(10-14)25(22,23)15-8-7-13(3)24-15/h7-8,12,14H,5-6,9-11,18H2,1-4H3,(H,19,21). The molecule has 1 fully saturated rings. The molecule has 2 unspecified atom stereocenters. The highest BCUT2D eigenvalue weighted by Gasteiger charge is 2.37. The molecule has 0 spiro atoms. The number of carbonyl (C=O) groups excluding carboxylic acids is 1. The molecule has 1 saturated heterocycles. The summed E-state index contributed by atoms with van der Waals surface area (Å²) in [5, 5.41) is 3.05. The van der Waals surface area contributed by atoms with Gasteiger partial charge in [-0.05, 0) is 44.7 Å². The number of hydrogen-bond acceptors (Lipinski definition) is 5. The van der Waals surface area contributed by atoms with Crippen LogP contribution in [0.3, 0.4) is 0 Å². The van der Waals surface area contributed by atoms with E-state index in [1.807, 2.05) is 27.7 Å². The quantitative estimate of drug-likeness (QED) is 0.780. The first-order chi connectivity index (χ1) is 11.6. The molecule has 2 rings (SSSR count). The Hall–Kier alpha value is -0.960. The smallest absolute Gasteiger partial charge is 0.252 e. The Morgan fingerprint density at radius 2 is 2.16 bits per heavy atom. The number of nitrogens with zero attached hydrogens (tertiary/aromatic N) is 1. The van der Waals surface area contributed by atoms with Crippen molar-refractivity contribution in [2.75, 3.05) is 19.6 Å². The normalized spacial score (nSPS) is 21.9. The van der Waals surface area contributed by atoms with Crippen LogP contribution in [0.25, 0.3) is 0 Å². The minimum Gasteiger partial charge on any atom is -0.349 e. The van der Waals surface area contributed by atoms with Crippen molar-refractivity contribution in [2.24, 2.45) is 17.6 Å². The number of carbonyl (C=O) groups is 1. The summed E-state index contributed by atoms with van der Waals surface area (Å²) in [7, 11) is -3.53. The Morgan fingerprint density at radius 1 is 1.48 bits per heavy atom. The molecule has 1 aliphatic rings. The molecule has 142 valence electrons. The van der Waals surface area contributed by atoms with Gasteiger partial charge >= 0.3 is 0 Å². The summed E-state index contributed by atoms with van der Waals surface area (Å²) in [6.45, 7) is 8.88. The fourth-order valence-electron chi connectivity index (χ4n) is 2.87. The lowest BCUT2D eigenvalue weighted by atomic mass is 9.87. The summed E-state index contributed by atoms with van der Waals surface area (Å²) in [6, 6.07) is 3.45. The number of piperidine rings is 1. The largest absolute Gasteiger partial charge is 0.349 e. The van der Waals surface area contributed by atoms with Crippen molar-refractivity contribution in [2.45, 2.75) is 50.3 Å². The molecule has 0 aromatic carbocycles. The van der Waals surface area contributed by atoms with Crippen molar-refractivity contribution in [3.05, 3.63) is 17.0 Å². The number of thiophene rings is 1. The molecule has 3 N–H and O–H groups in total. The molecule has 1 amide bonds. The maximum Gasteiger partial charge on any atom is 0.252 e. The van der Waals surface area contributed by atoms with Gasteiger partial charge in [-0.25, -0.2) is 8.42 Å². The van der Waals surface area contributed by atoms with Crippen molar-refractivity contribution in [3.8, 4) is 0 Å². The third-order valence-corrected chi connectivity index (χ3v) is 8.51. The molecule has 2 atom stereocenters. The van der Waals surface area contributed by atoms with Gasteiger partial charge in [0.1, 0.15) is 4.21 Å². The predicted molar refractivity (Wildman–Crippen MR) is 101 cm³/mol. The zero-order chi connectivity index (χ0) is 18.8. The molecule has 1 aromatic rings. The third-order valence-electron chi connectivity index (χ3n) is 5.17. The Bertz CT molecular complexity index is 714. The van der Waals surface area contributed by atoms with Gasteiger partial charge in [-0.2, -0.15) is 4.31 Å². The van der Waals surface area contributed by atoms with Crippen LogP contribution in [0, 0.1) is 18.8 Å². The number of rotatable bonds is 6. The average Bonchev–Trinajstić information content (AvgIpc) is 3.02. The minimum atomic E-state index is -3.53. The number of aryl methyl sites for hydroxylation is 1. The minimum absolute atomic E-state index is 0.107. The van der Waals surface area contributed by atoms with E-state index >= 15 is 0 Å². The summed E-state index contributed by atoms with van der Waals surface area (Å²) in [6.07, 6.45) is 1.38. The molecular formula is C17H29N3O3S2. The summed E-state index contributed by atoms with van der Waals surface area (Å²) >= 11 is 1.27. The molecule has 6 nitrogen and oxygen atoms in total. The van der Waals surface area contributed by atoms with Gasteiger partial charge in [0.05, 0.1) is 11.5 Å². The van der Waals surface area contributed by atoms with Crippen LogP contribution >= 0.6 is 11.3 Å². The monoisotopic (exact) mass is 387 g/mol. The van der Waals surface area contributed by atoms with E-state index in [4.69, 9.17) is 5.73 Å². The van der Waals surface area contributed by atoms with Gasteiger partial charge in [-0.3, -0.25) is 4.79 Å². The van der Waals surface area contributed by atoms with Gasteiger partial charge < -0.3 is 11.1 Å². The van der Waals surface area contributed by atoms with Crippen LogP contribution in [-0.2, 0) is 14.8 Å². The van der Waals surface area contributed by atoms with E-state index in [0.717, 1.165) is 4.88 Å². The second kappa shape index (κ2) is 7.73. The Labute approximate surface area is 154 Å². The highest BCUT2D eigenvalue weighted by atomic mass is 32.2. The third kappa shape index (κ3) is 4.42. The van der Waals surface area contributed by atoms with Crippen molar-refractivity contribution >= 4 is 27.3 Å². The van der Waals surface area contributed by atoms with Crippen LogP contribution in [0.1, 0.15) is 38.5 Å². The fraction of sp³-hybridized carbons (Fsp3) is 0.706. The van der Waals surface area contributed by atoms with Crippen LogP contribution in [0.5, 0.6) is 0 Å². The molecule has 1 aliphatic heterocycles. The van der Waals surface area contributed by atoms with E-state index in [2.05, 4.69) is 5.32 Å². The molecule has 0 saturated carbocycles. The van der Waals surface area contributed by atoms with Gasteiger partial charge in [0.2, 0.25) is 5.91 Å². The Kier molecular flexibility index (Phi) is 6.30. The zero-order valence-electron chi connectivity index (χ0n) is 15.4. The van der Waals surface area contributed by atoms with Crippen LogP contribution in [0.4, 0.5) is 0 Å². The first-order valence-electron chi connectivity index (χ1n) is 8.69. The number of nitrogens with one attached hydrogen (secondary N) is 1. The lowest BCUT2D eigenvalue weighted by Crippen LogP contribution is -2.57. The van der Waals surface area contributed by atoms with Crippen molar-refractivity contribution in [3.63, 3.8) is 0 Å². The lowest BCUT2D eigenvalue weighted by molar-refractivity contribution is -0.128. The van der Waals surface area contributed by atoms with Crippen molar-refractivity contribution in [1.82, 2.24) is 9.62 Å². The fourth-order valence-corrected chi connectivity index (χ4v) is 5.83. The second-order valence-electron chi connectivity index (χ2n) is 7.33. The van der Waals surface area contributed by atoms with Gasteiger partial charge in [0.25, 0.3) is 10.0 Å². The molecule has 8 heteroatoms. The van der Waals surface area contributed by atoms with E-state index < -0.39 is 15.6 Å². The first kappa shape index (κ1) is 20.4. The predicted octanol–water partition coefficient (Wildman–Crippen LogP) is 1.95. The van der Waals surface area contributed by atoms with Crippen LogP contribution in [0.2, 0.25) is 0 Å². The van der Waals surface area contributed by atoms with Crippen molar-refractivity contribution in [1.29, 1.82) is 0 Å². The molecule has 25 heavy (non-hydrogen) atoms. The molecule has 0 aliphatic carbocycles. The first-order valence-corrected chi connectivity index (χ1v) is 10.9. The summed E-state index contributed by atoms with van der Waals surface area (Å²) < 4.78 is 27.4. The molecule has 1 aromatic heterocycles. The van der Waals surface area contributed by atoms with E-state index in [-0.39, 0.29) is 24.3 Å². The summed E-state index contributed by atoms with van der Waals surface area (Å²) in [5.41, 5.74) is 5.36. The number of amides is 1. The SMILES string of the molecule is Cc1ccc(S(=O)(=O)N2CCCC(C(=O)NC(C)(CN)C(C)C)C2)s1. The maximum atomic E-state index is 12.8. The van der Waals surface area contributed by atoms with Gasteiger partial charge in [0.15, 0.2) is 0 Å². The summed E-state index contributed by atoms with van der Waals surface area (Å²) in [4.78, 5) is 13.7. The highest BCUT2D eigenvalue weighted by Crippen LogP contribution is 2.28. The number of nitrogens with two attached hydrogens (primary N) is 1. The van der Waals surface area contributed by atoms with E-state index in [0.29, 0.717) is 30.1 Å². The molecule has 2 heterocycles. The van der Waals surface area contributed by atoms with Crippen molar-refractivity contribution < 1.29 is 13.2 Å².